The summed E-state index contributed by atoms with van der Waals surface area (Å²) in [7, 11) is 1.78. The maximum atomic E-state index is 8.99. The van der Waals surface area contributed by atoms with Gasteiger partial charge in [-0.3, -0.25) is 4.99 Å². The van der Waals surface area contributed by atoms with E-state index in [0.717, 1.165) is 18.1 Å². The van der Waals surface area contributed by atoms with E-state index in [1.54, 1.807) is 7.05 Å². The lowest BCUT2D eigenvalue weighted by Crippen LogP contribution is -2.41. The summed E-state index contributed by atoms with van der Waals surface area (Å²) in [6, 6.07) is 18.2. The summed E-state index contributed by atoms with van der Waals surface area (Å²) in [6.07, 6.45) is 2.37. The highest BCUT2D eigenvalue weighted by Crippen LogP contribution is 2.49. The molecule has 1 aliphatic carbocycles. The maximum absolute atomic E-state index is 8.99. The van der Waals surface area contributed by atoms with E-state index in [9.17, 15) is 0 Å². The zero-order chi connectivity index (χ0) is 17.7. The summed E-state index contributed by atoms with van der Waals surface area (Å²) >= 11 is 3.67. The Labute approximate surface area is 180 Å². The molecular weight excluding hydrogens is 503 g/mol. The van der Waals surface area contributed by atoms with Crippen LogP contribution in [0.3, 0.4) is 0 Å². The van der Waals surface area contributed by atoms with Gasteiger partial charge in [-0.2, -0.15) is 5.26 Å². The molecule has 0 aromatic heterocycles. The van der Waals surface area contributed by atoms with Gasteiger partial charge in [0.25, 0.3) is 0 Å². The van der Waals surface area contributed by atoms with Crippen LogP contribution in [0.2, 0.25) is 0 Å². The van der Waals surface area contributed by atoms with Crippen LogP contribution in [0.1, 0.15) is 29.5 Å². The minimum atomic E-state index is 0. The number of halogens is 2. The Morgan fingerprint density at radius 2 is 1.96 bits per heavy atom. The molecule has 0 bridgehead atoms. The Morgan fingerprint density at radius 1 is 1.19 bits per heavy atom. The average molecular weight is 525 g/mol. The Balaban J connectivity index is 0.00000243. The number of aliphatic imine (C=N–C) groups is 1. The van der Waals surface area contributed by atoms with E-state index >= 15 is 0 Å². The van der Waals surface area contributed by atoms with E-state index in [1.807, 2.05) is 30.3 Å². The highest BCUT2D eigenvalue weighted by molar-refractivity contribution is 14.0. The predicted octanol–water partition coefficient (Wildman–Crippen LogP) is 4.34. The monoisotopic (exact) mass is 524 g/mol. The van der Waals surface area contributed by atoms with E-state index in [0.29, 0.717) is 12.1 Å². The van der Waals surface area contributed by atoms with Crippen molar-refractivity contribution in [3.63, 3.8) is 0 Å². The van der Waals surface area contributed by atoms with Crippen molar-refractivity contribution < 1.29 is 0 Å². The van der Waals surface area contributed by atoms with Crippen LogP contribution in [0, 0.1) is 11.3 Å². The molecule has 2 aromatic rings. The number of benzene rings is 2. The summed E-state index contributed by atoms with van der Waals surface area (Å²) in [6.45, 7) is 1.49. The summed E-state index contributed by atoms with van der Waals surface area (Å²) < 4.78 is 1.17. The molecule has 136 valence electrons. The second kappa shape index (κ2) is 9.38. The van der Waals surface area contributed by atoms with Gasteiger partial charge in [0.2, 0.25) is 0 Å². The molecule has 1 saturated carbocycles. The van der Waals surface area contributed by atoms with Gasteiger partial charge in [-0.25, -0.2) is 0 Å². The van der Waals surface area contributed by atoms with Crippen LogP contribution >= 0.6 is 39.9 Å². The molecule has 6 heteroatoms. The second-order valence-electron chi connectivity index (χ2n) is 6.35. The average Bonchev–Trinajstić information content (AvgIpc) is 3.43. The van der Waals surface area contributed by atoms with Crippen molar-refractivity contribution in [2.24, 2.45) is 4.99 Å². The van der Waals surface area contributed by atoms with Crippen LogP contribution in [0.25, 0.3) is 0 Å². The maximum Gasteiger partial charge on any atom is 0.191 e. The van der Waals surface area contributed by atoms with Gasteiger partial charge < -0.3 is 10.6 Å². The molecule has 0 radical (unpaired) electrons. The van der Waals surface area contributed by atoms with Crippen molar-refractivity contribution in [1.29, 1.82) is 5.26 Å². The van der Waals surface area contributed by atoms with Gasteiger partial charge in [-0.15, -0.1) is 24.0 Å². The van der Waals surface area contributed by atoms with Crippen LogP contribution in [0.4, 0.5) is 0 Å². The summed E-state index contributed by atoms with van der Waals surface area (Å²) in [4.78, 5) is 4.31. The fourth-order valence-corrected chi connectivity index (χ4v) is 3.70. The molecule has 0 heterocycles. The van der Waals surface area contributed by atoms with E-state index in [4.69, 9.17) is 5.26 Å². The van der Waals surface area contributed by atoms with Crippen molar-refractivity contribution in [1.82, 2.24) is 10.6 Å². The first-order chi connectivity index (χ1) is 12.2. The van der Waals surface area contributed by atoms with Crippen LogP contribution in [0.15, 0.2) is 58.0 Å². The number of hydrogen-bond acceptors (Lipinski definition) is 2. The van der Waals surface area contributed by atoms with E-state index in [-0.39, 0.29) is 29.4 Å². The van der Waals surface area contributed by atoms with Gasteiger partial charge in [0.1, 0.15) is 0 Å². The minimum absolute atomic E-state index is 0. The molecule has 0 aliphatic heterocycles. The minimum Gasteiger partial charge on any atom is -0.356 e. The molecule has 2 N–H and O–H groups in total. The molecule has 2 aromatic carbocycles. The molecular formula is C20H22BrIN4. The summed E-state index contributed by atoms with van der Waals surface area (Å²) in [5, 5.41) is 15.8. The largest absolute Gasteiger partial charge is 0.356 e. The fourth-order valence-electron chi connectivity index (χ4n) is 2.99. The lowest BCUT2D eigenvalue weighted by Gasteiger charge is -2.20. The Hall–Kier alpha value is -1.59. The molecule has 0 atom stereocenters. The third-order valence-electron chi connectivity index (χ3n) is 4.63. The van der Waals surface area contributed by atoms with E-state index in [2.05, 4.69) is 55.8 Å². The third kappa shape index (κ3) is 4.98. The molecule has 0 spiro atoms. The zero-order valence-corrected chi connectivity index (χ0v) is 18.5. The highest BCUT2D eigenvalue weighted by Gasteiger charge is 2.45. The third-order valence-corrected chi connectivity index (χ3v) is 5.32. The van der Waals surface area contributed by atoms with Gasteiger partial charge in [0.15, 0.2) is 5.96 Å². The molecule has 1 aliphatic rings. The van der Waals surface area contributed by atoms with Gasteiger partial charge in [-0.05, 0) is 42.2 Å². The topological polar surface area (TPSA) is 60.2 Å². The molecule has 0 unspecified atom stereocenters. The van der Waals surface area contributed by atoms with Gasteiger partial charge in [0, 0.05) is 30.0 Å². The Morgan fingerprint density at radius 3 is 2.62 bits per heavy atom. The van der Waals surface area contributed by atoms with Crippen molar-refractivity contribution >= 4 is 45.9 Å². The van der Waals surface area contributed by atoms with Crippen LogP contribution in [-0.2, 0) is 12.0 Å². The first-order valence-corrected chi connectivity index (χ1v) is 9.15. The van der Waals surface area contributed by atoms with Gasteiger partial charge in [-0.1, -0.05) is 46.3 Å². The van der Waals surface area contributed by atoms with Crippen molar-refractivity contribution in [3.05, 3.63) is 69.7 Å². The highest BCUT2D eigenvalue weighted by atomic mass is 127. The van der Waals surface area contributed by atoms with Crippen molar-refractivity contribution in [2.75, 3.05) is 13.6 Å². The zero-order valence-electron chi connectivity index (χ0n) is 14.6. The smallest absolute Gasteiger partial charge is 0.191 e. The Bertz CT molecular complexity index is 825. The van der Waals surface area contributed by atoms with Crippen LogP contribution < -0.4 is 10.6 Å². The number of nitrogens with one attached hydrogen (secondary N) is 2. The number of nitrogens with zero attached hydrogens (tertiary/aromatic N) is 2. The lowest BCUT2D eigenvalue weighted by atomic mass is 9.96. The molecule has 0 saturated heterocycles. The predicted molar refractivity (Wildman–Crippen MR) is 120 cm³/mol. The van der Waals surface area contributed by atoms with E-state index < -0.39 is 0 Å². The van der Waals surface area contributed by atoms with Crippen LogP contribution in [0.5, 0.6) is 0 Å². The number of hydrogen-bond donors (Lipinski definition) is 2. The number of rotatable bonds is 5. The van der Waals surface area contributed by atoms with Crippen molar-refractivity contribution in [2.45, 2.75) is 24.8 Å². The molecule has 26 heavy (non-hydrogen) atoms. The van der Waals surface area contributed by atoms with Gasteiger partial charge >= 0.3 is 0 Å². The quantitative estimate of drug-likeness (QED) is 0.347. The fraction of sp³-hybridized carbons (Fsp3) is 0.300. The number of nitriles is 1. The summed E-state index contributed by atoms with van der Waals surface area (Å²) in [5.41, 5.74) is 3.29. The number of guanidine groups is 1. The van der Waals surface area contributed by atoms with Crippen molar-refractivity contribution in [3.8, 4) is 6.07 Å². The summed E-state index contributed by atoms with van der Waals surface area (Å²) in [5.74, 6) is 0.778. The first kappa shape index (κ1) is 20.7. The second-order valence-corrected chi connectivity index (χ2v) is 7.21. The lowest BCUT2D eigenvalue weighted by molar-refractivity contribution is 0.643. The van der Waals surface area contributed by atoms with E-state index in [1.165, 1.54) is 22.9 Å². The van der Waals surface area contributed by atoms with Gasteiger partial charge in [0.05, 0.1) is 11.6 Å². The Kier molecular flexibility index (Phi) is 7.47. The molecule has 0 amide bonds. The molecule has 4 nitrogen and oxygen atoms in total. The normalized spacial score (nSPS) is 14.7. The molecule has 1 fully saturated rings. The standard InChI is InChI=1S/C20H21BrN4.HI/c1-23-19(24-13-16-6-4-5-15(11-16)12-22)25-14-20(9-10-20)17-7-2-3-8-18(17)21;/h2-8,11H,9-10,13-14H2,1H3,(H2,23,24,25);1H. The first-order valence-electron chi connectivity index (χ1n) is 8.35. The molecule has 3 rings (SSSR count). The van der Waals surface area contributed by atoms with Crippen LogP contribution in [-0.4, -0.2) is 19.6 Å². The SMILES string of the molecule is CN=C(NCc1cccc(C#N)c1)NCC1(c2ccccc2Br)CC1.I.